The molecule has 1 aliphatic rings. The molecule has 128 valence electrons. The van der Waals surface area contributed by atoms with Crippen molar-refractivity contribution in [2.75, 3.05) is 13.7 Å². The summed E-state index contributed by atoms with van der Waals surface area (Å²) in [5.41, 5.74) is 5.35. The van der Waals surface area contributed by atoms with Crippen LogP contribution in [0.25, 0.3) is 0 Å². The van der Waals surface area contributed by atoms with Crippen LogP contribution in [-0.4, -0.2) is 42.2 Å². The minimum absolute atomic E-state index is 0.0888. The molecule has 8 nitrogen and oxygen atoms in total. The number of likely N-dealkylation sites (tertiary alicyclic amines) is 1. The Morgan fingerprint density at radius 3 is 2.58 bits per heavy atom. The molecule has 0 spiro atoms. The van der Waals surface area contributed by atoms with E-state index in [2.05, 4.69) is 15.6 Å². The number of rotatable bonds is 5. The highest BCUT2D eigenvalue weighted by Gasteiger charge is 2.34. The number of carbonyl (C=O) groups excluding carboxylic acids is 4. The van der Waals surface area contributed by atoms with Gasteiger partial charge in [0.15, 0.2) is 0 Å². The normalized spacial score (nSPS) is 16.6. The molecule has 0 saturated carbocycles. The summed E-state index contributed by atoms with van der Waals surface area (Å²) < 4.78 is 4.35. The number of carbonyl (C=O) groups is 4. The van der Waals surface area contributed by atoms with E-state index in [0.717, 1.165) is 5.56 Å². The van der Waals surface area contributed by atoms with E-state index in [-0.39, 0.29) is 18.9 Å². The van der Waals surface area contributed by atoms with Gasteiger partial charge in [0, 0.05) is 19.5 Å². The third kappa shape index (κ3) is 4.80. The predicted molar refractivity (Wildman–Crippen MR) is 82.9 cm³/mol. The molecule has 0 radical (unpaired) electrons. The second kappa shape index (κ2) is 8.09. The van der Waals surface area contributed by atoms with E-state index in [1.807, 2.05) is 30.3 Å². The summed E-state index contributed by atoms with van der Waals surface area (Å²) in [5.74, 6) is -2.50. The van der Waals surface area contributed by atoms with Crippen LogP contribution in [0.15, 0.2) is 30.3 Å². The summed E-state index contributed by atoms with van der Waals surface area (Å²) in [6.45, 7) is 0.727. The minimum atomic E-state index is -0.702. The summed E-state index contributed by atoms with van der Waals surface area (Å²) in [4.78, 5) is 48.0. The maximum Gasteiger partial charge on any atom is 0.315 e. The van der Waals surface area contributed by atoms with Crippen LogP contribution in [0.3, 0.4) is 0 Å². The fraction of sp³-hybridized carbons (Fsp3) is 0.375. The zero-order chi connectivity index (χ0) is 17.5. The van der Waals surface area contributed by atoms with Crippen molar-refractivity contribution < 1.29 is 23.9 Å². The number of nitrogens with one attached hydrogen (secondary N) is 2. The molecular weight excluding hydrogens is 314 g/mol. The number of hydrazine groups is 1. The molecule has 1 aromatic carbocycles. The summed E-state index contributed by atoms with van der Waals surface area (Å²) in [7, 11) is 1.17. The average Bonchev–Trinajstić information content (AvgIpc) is 2.94. The van der Waals surface area contributed by atoms with Crippen LogP contribution in [0, 0.1) is 5.92 Å². The molecule has 1 aromatic rings. The molecule has 0 aliphatic carbocycles. The molecular formula is C16H19N3O5. The molecule has 1 heterocycles. The number of benzene rings is 1. The van der Waals surface area contributed by atoms with Gasteiger partial charge in [0.2, 0.25) is 17.7 Å². The Balaban J connectivity index is 1.81. The van der Waals surface area contributed by atoms with Gasteiger partial charge in [0.25, 0.3) is 0 Å². The van der Waals surface area contributed by atoms with Gasteiger partial charge in [0.1, 0.15) is 6.42 Å². The van der Waals surface area contributed by atoms with E-state index < -0.39 is 30.1 Å². The molecule has 1 unspecified atom stereocenters. The van der Waals surface area contributed by atoms with Crippen LogP contribution in [-0.2, 0) is 30.5 Å². The second-order valence-electron chi connectivity index (χ2n) is 5.45. The monoisotopic (exact) mass is 333 g/mol. The van der Waals surface area contributed by atoms with Gasteiger partial charge in [0.05, 0.1) is 13.0 Å². The largest absolute Gasteiger partial charge is 0.469 e. The first-order chi connectivity index (χ1) is 11.5. The summed E-state index contributed by atoms with van der Waals surface area (Å²) in [5, 5.41) is 0. The Hall–Kier alpha value is -2.90. The van der Waals surface area contributed by atoms with E-state index in [1.54, 1.807) is 4.90 Å². The zero-order valence-corrected chi connectivity index (χ0v) is 13.3. The third-order valence-electron chi connectivity index (χ3n) is 3.66. The first kappa shape index (κ1) is 17.5. The predicted octanol–water partition coefficient (Wildman–Crippen LogP) is -0.254. The molecule has 1 aliphatic heterocycles. The lowest BCUT2D eigenvalue weighted by molar-refractivity contribution is -0.144. The van der Waals surface area contributed by atoms with Crippen molar-refractivity contribution in [1.29, 1.82) is 0 Å². The number of hydrogen-bond acceptors (Lipinski definition) is 5. The summed E-state index contributed by atoms with van der Waals surface area (Å²) >= 11 is 0. The van der Waals surface area contributed by atoms with E-state index in [1.165, 1.54) is 7.11 Å². The van der Waals surface area contributed by atoms with E-state index >= 15 is 0 Å². The number of ether oxygens (including phenoxy) is 1. The lowest BCUT2D eigenvalue weighted by atomic mass is 10.1. The van der Waals surface area contributed by atoms with Crippen molar-refractivity contribution >= 4 is 23.7 Å². The second-order valence-corrected chi connectivity index (χ2v) is 5.45. The van der Waals surface area contributed by atoms with Crippen LogP contribution < -0.4 is 10.9 Å². The van der Waals surface area contributed by atoms with E-state index in [9.17, 15) is 19.2 Å². The van der Waals surface area contributed by atoms with Crippen LogP contribution in [0.1, 0.15) is 18.4 Å². The van der Waals surface area contributed by atoms with Crippen LogP contribution in [0.5, 0.6) is 0 Å². The highest BCUT2D eigenvalue weighted by Crippen LogP contribution is 2.20. The van der Waals surface area contributed by atoms with Crippen LogP contribution >= 0.6 is 0 Å². The van der Waals surface area contributed by atoms with Crippen molar-refractivity contribution in [3.05, 3.63) is 35.9 Å². The molecule has 1 saturated heterocycles. The molecule has 0 bridgehead atoms. The third-order valence-corrected chi connectivity index (χ3v) is 3.66. The van der Waals surface area contributed by atoms with Crippen LogP contribution in [0.2, 0.25) is 0 Å². The topological polar surface area (TPSA) is 105 Å². The maximum atomic E-state index is 12.0. The fourth-order valence-corrected chi connectivity index (χ4v) is 2.39. The Morgan fingerprint density at radius 2 is 1.92 bits per heavy atom. The molecule has 2 N–H and O–H groups in total. The van der Waals surface area contributed by atoms with Gasteiger partial charge in [-0.1, -0.05) is 30.3 Å². The van der Waals surface area contributed by atoms with Crippen molar-refractivity contribution in [2.45, 2.75) is 19.4 Å². The highest BCUT2D eigenvalue weighted by molar-refractivity contribution is 5.95. The van der Waals surface area contributed by atoms with Gasteiger partial charge >= 0.3 is 5.97 Å². The molecule has 2 rings (SSSR count). The molecule has 8 heteroatoms. The molecule has 24 heavy (non-hydrogen) atoms. The number of nitrogens with zero attached hydrogens (tertiary/aromatic N) is 1. The van der Waals surface area contributed by atoms with Crippen molar-refractivity contribution in [2.24, 2.45) is 5.92 Å². The average molecular weight is 333 g/mol. The number of methoxy groups -OCH3 is 1. The Labute approximate surface area is 139 Å². The van der Waals surface area contributed by atoms with Crippen molar-refractivity contribution in [3.63, 3.8) is 0 Å². The quantitative estimate of drug-likeness (QED) is 0.439. The van der Waals surface area contributed by atoms with Gasteiger partial charge in [-0.15, -0.1) is 0 Å². The lowest BCUT2D eigenvalue weighted by Gasteiger charge is -2.16. The smallest absolute Gasteiger partial charge is 0.315 e. The fourth-order valence-electron chi connectivity index (χ4n) is 2.39. The molecule has 1 fully saturated rings. The number of hydrogen-bond donors (Lipinski definition) is 2. The van der Waals surface area contributed by atoms with Crippen LogP contribution in [0.4, 0.5) is 0 Å². The van der Waals surface area contributed by atoms with Gasteiger partial charge in [-0.05, 0) is 5.56 Å². The Morgan fingerprint density at radius 1 is 1.21 bits per heavy atom. The van der Waals surface area contributed by atoms with E-state index in [4.69, 9.17) is 0 Å². The minimum Gasteiger partial charge on any atom is -0.469 e. The van der Waals surface area contributed by atoms with Gasteiger partial charge in [-0.3, -0.25) is 30.0 Å². The lowest BCUT2D eigenvalue weighted by Crippen LogP contribution is -2.45. The molecule has 0 aromatic heterocycles. The first-order valence-electron chi connectivity index (χ1n) is 7.47. The SMILES string of the molecule is COC(=O)CC(=O)NNC(=O)C1CC(=O)N(Cc2ccccc2)C1. The summed E-state index contributed by atoms with van der Waals surface area (Å²) in [6.07, 6.45) is -0.397. The zero-order valence-electron chi connectivity index (χ0n) is 13.3. The first-order valence-corrected chi connectivity index (χ1v) is 7.47. The van der Waals surface area contributed by atoms with E-state index in [0.29, 0.717) is 6.54 Å². The van der Waals surface area contributed by atoms with Crippen molar-refractivity contribution in [3.8, 4) is 0 Å². The Kier molecular flexibility index (Phi) is 5.89. The maximum absolute atomic E-state index is 12.0. The standard InChI is InChI=1S/C16H19N3O5/c1-24-15(22)8-13(20)17-18-16(23)12-7-14(21)19(10-12)9-11-5-3-2-4-6-11/h2-6,12H,7-10H2,1H3,(H,17,20)(H,18,23). The van der Waals surface area contributed by atoms with Crippen molar-refractivity contribution in [1.82, 2.24) is 15.8 Å². The summed E-state index contributed by atoms with van der Waals surface area (Å²) in [6, 6.07) is 9.48. The number of amides is 3. The highest BCUT2D eigenvalue weighted by atomic mass is 16.5. The van der Waals surface area contributed by atoms with Gasteiger partial charge in [-0.2, -0.15) is 0 Å². The van der Waals surface area contributed by atoms with Gasteiger partial charge in [-0.25, -0.2) is 0 Å². The Bertz CT molecular complexity index is 632. The molecule has 3 amide bonds. The van der Waals surface area contributed by atoms with Gasteiger partial charge < -0.3 is 9.64 Å². The molecule has 1 atom stereocenters. The number of esters is 1.